The van der Waals surface area contributed by atoms with Crippen molar-refractivity contribution in [2.24, 2.45) is 5.92 Å². The molecule has 0 aromatic heterocycles. The first-order chi connectivity index (χ1) is 4.17. The van der Waals surface area contributed by atoms with Crippen molar-refractivity contribution in [3.63, 3.8) is 0 Å². The highest BCUT2D eigenvalue weighted by Gasteiger charge is 2.45. The summed E-state index contributed by atoms with van der Waals surface area (Å²) in [6.45, 7) is 1.80. The number of halogens is 2. The maximum absolute atomic E-state index is 12.6. The van der Waals surface area contributed by atoms with E-state index in [-0.39, 0.29) is 12.3 Å². The Kier molecular flexibility index (Phi) is 1.73. The number of rotatable bonds is 3. The van der Waals surface area contributed by atoms with E-state index in [2.05, 4.69) is 0 Å². The topological polar surface area (TPSA) is 0 Å². The maximum atomic E-state index is 12.6. The summed E-state index contributed by atoms with van der Waals surface area (Å²) >= 11 is 0. The predicted molar refractivity (Wildman–Crippen MR) is 32.6 cm³/mol. The van der Waals surface area contributed by atoms with Crippen LogP contribution in [0.25, 0.3) is 0 Å². The lowest BCUT2D eigenvalue weighted by atomic mass is 10.1. The second-order valence-corrected chi connectivity index (χ2v) is 2.79. The average molecular weight is 134 g/mol. The zero-order valence-corrected chi connectivity index (χ0v) is 5.66. The van der Waals surface area contributed by atoms with Crippen LogP contribution >= 0.6 is 0 Å². The highest BCUT2D eigenvalue weighted by molar-refractivity contribution is 4.86. The van der Waals surface area contributed by atoms with Crippen molar-refractivity contribution >= 4 is 0 Å². The molecule has 1 aliphatic carbocycles. The molecule has 0 unspecified atom stereocenters. The van der Waals surface area contributed by atoms with E-state index in [9.17, 15) is 8.78 Å². The van der Waals surface area contributed by atoms with E-state index in [4.69, 9.17) is 0 Å². The molecule has 1 aliphatic rings. The molecule has 0 radical (unpaired) electrons. The predicted octanol–water partition coefficient (Wildman–Crippen LogP) is 2.83. The smallest absolute Gasteiger partial charge is 0.207 e. The Bertz CT molecular complexity index is 95.1. The molecule has 0 atom stereocenters. The molecule has 0 saturated heterocycles. The van der Waals surface area contributed by atoms with Crippen LogP contribution in [0.1, 0.15) is 32.6 Å². The quantitative estimate of drug-likeness (QED) is 0.556. The molecule has 0 aliphatic heterocycles. The molecule has 1 saturated carbocycles. The molecule has 2 heteroatoms. The van der Waals surface area contributed by atoms with E-state index in [1.54, 1.807) is 6.92 Å². The van der Waals surface area contributed by atoms with Crippen LogP contribution in [0.15, 0.2) is 0 Å². The molecule has 1 rings (SSSR count). The standard InChI is InChI=1S/C7H12F2/c1-2-5-7(8,9)6-3-4-6/h6H,2-5H2,1H3. The van der Waals surface area contributed by atoms with Crippen molar-refractivity contribution in [1.82, 2.24) is 0 Å². The van der Waals surface area contributed by atoms with Crippen molar-refractivity contribution in [1.29, 1.82) is 0 Å². The molecule has 1 fully saturated rings. The first kappa shape index (κ1) is 6.97. The summed E-state index contributed by atoms with van der Waals surface area (Å²) in [5.41, 5.74) is 0. The van der Waals surface area contributed by atoms with Crippen LogP contribution in [0.5, 0.6) is 0 Å². The van der Waals surface area contributed by atoms with Crippen LogP contribution < -0.4 is 0 Å². The second kappa shape index (κ2) is 2.24. The van der Waals surface area contributed by atoms with Gasteiger partial charge in [-0.25, -0.2) is 8.78 Å². The van der Waals surface area contributed by atoms with Crippen LogP contribution in [-0.2, 0) is 0 Å². The molecule has 0 bridgehead atoms. The van der Waals surface area contributed by atoms with Gasteiger partial charge < -0.3 is 0 Å². The molecule has 0 heterocycles. The van der Waals surface area contributed by atoms with E-state index in [1.165, 1.54) is 0 Å². The summed E-state index contributed by atoms with van der Waals surface area (Å²) in [6.07, 6.45) is 2.17. The monoisotopic (exact) mass is 134 g/mol. The summed E-state index contributed by atoms with van der Waals surface area (Å²) in [6, 6.07) is 0. The first-order valence-corrected chi connectivity index (χ1v) is 3.54. The van der Waals surface area contributed by atoms with E-state index in [1.807, 2.05) is 0 Å². The number of hydrogen-bond acceptors (Lipinski definition) is 0. The molecule has 0 nitrogen and oxygen atoms in total. The lowest BCUT2D eigenvalue weighted by Gasteiger charge is -2.12. The van der Waals surface area contributed by atoms with Crippen LogP contribution in [0, 0.1) is 5.92 Å². The van der Waals surface area contributed by atoms with Gasteiger partial charge >= 0.3 is 0 Å². The Labute approximate surface area is 54.3 Å². The van der Waals surface area contributed by atoms with E-state index < -0.39 is 5.92 Å². The normalized spacial score (nSPS) is 20.3. The van der Waals surface area contributed by atoms with Crippen LogP contribution in [0.4, 0.5) is 8.78 Å². The Morgan fingerprint density at radius 1 is 1.44 bits per heavy atom. The van der Waals surface area contributed by atoms with Gasteiger partial charge in [-0.15, -0.1) is 0 Å². The Morgan fingerprint density at radius 3 is 2.33 bits per heavy atom. The van der Waals surface area contributed by atoms with Crippen molar-refractivity contribution in [3.8, 4) is 0 Å². The van der Waals surface area contributed by atoms with Gasteiger partial charge in [-0.1, -0.05) is 13.3 Å². The maximum Gasteiger partial charge on any atom is 0.250 e. The second-order valence-electron chi connectivity index (χ2n) is 2.79. The summed E-state index contributed by atoms with van der Waals surface area (Å²) in [5, 5.41) is 0. The lowest BCUT2D eigenvalue weighted by molar-refractivity contribution is -0.0310. The third-order valence-electron chi connectivity index (χ3n) is 1.76. The highest BCUT2D eigenvalue weighted by Crippen LogP contribution is 2.45. The molecule has 0 aromatic carbocycles. The fourth-order valence-electron chi connectivity index (χ4n) is 1.04. The summed E-state index contributed by atoms with van der Waals surface area (Å²) in [4.78, 5) is 0. The average Bonchev–Trinajstić information content (AvgIpc) is 2.41. The van der Waals surface area contributed by atoms with Gasteiger partial charge in [0.1, 0.15) is 0 Å². The third kappa shape index (κ3) is 1.63. The largest absolute Gasteiger partial charge is 0.250 e. The summed E-state index contributed by atoms with van der Waals surface area (Å²) in [7, 11) is 0. The summed E-state index contributed by atoms with van der Waals surface area (Å²) in [5.74, 6) is -2.60. The molecule has 54 valence electrons. The number of alkyl halides is 2. The minimum Gasteiger partial charge on any atom is -0.207 e. The highest BCUT2D eigenvalue weighted by atomic mass is 19.3. The molecule has 0 spiro atoms. The fourth-order valence-corrected chi connectivity index (χ4v) is 1.04. The van der Waals surface area contributed by atoms with Gasteiger partial charge in [0.05, 0.1) is 0 Å². The van der Waals surface area contributed by atoms with E-state index >= 15 is 0 Å². The van der Waals surface area contributed by atoms with E-state index in [0.29, 0.717) is 6.42 Å². The van der Waals surface area contributed by atoms with Gasteiger partial charge in [-0.05, 0) is 12.8 Å². The van der Waals surface area contributed by atoms with Gasteiger partial charge in [0.15, 0.2) is 0 Å². The van der Waals surface area contributed by atoms with Crippen molar-refractivity contribution < 1.29 is 8.78 Å². The molecule has 0 aromatic rings. The first-order valence-electron chi connectivity index (χ1n) is 3.54. The van der Waals surface area contributed by atoms with Crippen LogP contribution in [0.2, 0.25) is 0 Å². The lowest BCUT2D eigenvalue weighted by Crippen LogP contribution is -2.17. The number of hydrogen-bond donors (Lipinski definition) is 0. The van der Waals surface area contributed by atoms with Gasteiger partial charge in [0.25, 0.3) is 5.92 Å². The molecule has 0 amide bonds. The van der Waals surface area contributed by atoms with Gasteiger partial charge in [0, 0.05) is 12.3 Å². The SMILES string of the molecule is CCCC(F)(F)C1CC1. The van der Waals surface area contributed by atoms with Crippen molar-refractivity contribution in [2.45, 2.75) is 38.5 Å². The van der Waals surface area contributed by atoms with Gasteiger partial charge in [-0.3, -0.25) is 0 Å². The minimum absolute atomic E-state index is 0.0810. The molecular formula is C7H12F2. The Balaban J connectivity index is 2.30. The van der Waals surface area contributed by atoms with E-state index in [0.717, 1.165) is 12.8 Å². The summed E-state index contributed by atoms with van der Waals surface area (Å²) < 4.78 is 25.2. The Morgan fingerprint density at radius 2 is 2.00 bits per heavy atom. The van der Waals surface area contributed by atoms with Crippen molar-refractivity contribution in [2.75, 3.05) is 0 Å². The third-order valence-corrected chi connectivity index (χ3v) is 1.76. The fraction of sp³-hybridized carbons (Fsp3) is 1.00. The Hall–Kier alpha value is -0.140. The molecule has 9 heavy (non-hydrogen) atoms. The zero-order valence-electron chi connectivity index (χ0n) is 5.66. The van der Waals surface area contributed by atoms with Gasteiger partial charge in [0.2, 0.25) is 0 Å². The van der Waals surface area contributed by atoms with Gasteiger partial charge in [-0.2, -0.15) is 0 Å². The van der Waals surface area contributed by atoms with Crippen LogP contribution in [-0.4, -0.2) is 5.92 Å². The molecular weight excluding hydrogens is 122 g/mol. The minimum atomic E-state index is -2.34. The van der Waals surface area contributed by atoms with Crippen LogP contribution in [0.3, 0.4) is 0 Å². The zero-order chi connectivity index (χ0) is 6.91. The van der Waals surface area contributed by atoms with Crippen molar-refractivity contribution in [3.05, 3.63) is 0 Å². The molecule has 0 N–H and O–H groups in total.